The fourth-order valence-electron chi connectivity index (χ4n) is 1.65. The molecule has 0 saturated heterocycles. The molecule has 18 heavy (non-hydrogen) atoms. The lowest BCUT2D eigenvalue weighted by molar-refractivity contribution is -0.119. The van der Waals surface area contributed by atoms with E-state index in [9.17, 15) is 4.79 Å². The molecule has 0 aromatic heterocycles. The largest absolute Gasteiger partial charge is 0.480 e. The number of Topliss-reactive ketones (excluding diaryl/α,β-unsaturated/α-hetero) is 1. The lowest BCUT2D eigenvalue weighted by Crippen LogP contribution is -2.49. The maximum absolute atomic E-state index is 12.0. The van der Waals surface area contributed by atoms with Crippen molar-refractivity contribution in [1.29, 1.82) is 0 Å². The molecule has 1 rings (SSSR count). The third-order valence-electron chi connectivity index (χ3n) is 2.66. The lowest BCUT2D eigenvalue weighted by Gasteiger charge is -2.30. The van der Waals surface area contributed by atoms with Crippen molar-refractivity contribution >= 4 is 29.2 Å². The van der Waals surface area contributed by atoms with Crippen LogP contribution in [-0.4, -0.2) is 48.3 Å². The summed E-state index contributed by atoms with van der Waals surface area (Å²) in [7, 11) is 0. The molecule has 0 bridgehead atoms. The number of carbonyl (C=O) groups is 1. The van der Waals surface area contributed by atoms with Crippen molar-refractivity contribution in [3.8, 4) is 0 Å². The van der Waals surface area contributed by atoms with Gasteiger partial charge in [-0.15, -0.1) is 11.6 Å². The molecular formula is C12H19ClN2O3. The number of hydrogen-bond acceptors (Lipinski definition) is 5. The number of hydrogen-bond donors (Lipinski definition) is 0. The first-order valence-corrected chi connectivity index (χ1v) is 6.55. The van der Waals surface area contributed by atoms with Crippen molar-refractivity contribution in [2.24, 2.45) is 9.98 Å². The first-order chi connectivity index (χ1) is 8.49. The number of alkyl halides is 1. The van der Waals surface area contributed by atoms with E-state index in [1.165, 1.54) is 0 Å². The van der Waals surface area contributed by atoms with E-state index in [-0.39, 0.29) is 17.7 Å². The quantitative estimate of drug-likeness (QED) is 0.735. The zero-order chi connectivity index (χ0) is 13.8. The Morgan fingerprint density at radius 3 is 2.50 bits per heavy atom. The third kappa shape index (κ3) is 2.83. The molecule has 0 unspecified atom stereocenters. The second-order valence-corrected chi connectivity index (χ2v) is 4.32. The Hall–Kier alpha value is -1.10. The molecule has 1 aliphatic rings. The van der Waals surface area contributed by atoms with Crippen molar-refractivity contribution in [1.82, 2.24) is 0 Å². The summed E-state index contributed by atoms with van der Waals surface area (Å²) in [6.07, 6.45) is 0. The van der Waals surface area contributed by atoms with Crippen LogP contribution in [-0.2, 0) is 14.3 Å². The minimum Gasteiger partial charge on any atom is -0.480 e. The van der Waals surface area contributed by atoms with E-state index in [4.69, 9.17) is 21.1 Å². The van der Waals surface area contributed by atoms with Crippen LogP contribution in [0.4, 0.5) is 0 Å². The molecule has 102 valence electrons. The van der Waals surface area contributed by atoms with Gasteiger partial charge in [-0.25, -0.2) is 9.98 Å². The first-order valence-electron chi connectivity index (χ1n) is 6.02. The molecule has 0 saturated carbocycles. The smallest absolute Gasteiger partial charge is 0.220 e. The number of rotatable bonds is 4. The van der Waals surface area contributed by atoms with E-state index in [2.05, 4.69) is 9.98 Å². The van der Waals surface area contributed by atoms with Gasteiger partial charge in [0.15, 0.2) is 11.3 Å². The second-order valence-electron chi connectivity index (χ2n) is 4.06. The summed E-state index contributed by atoms with van der Waals surface area (Å²) in [5, 5.41) is 0. The van der Waals surface area contributed by atoms with Crippen molar-refractivity contribution in [3.05, 3.63) is 0 Å². The molecule has 0 aliphatic carbocycles. The van der Waals surface area contributed by atoms with Gasteiger partial charge in [0.25, 0.3) is 0 Å². The summed E-state index contributed by atoms with van der Waals surface area (Å²) in [5.74, 6) is 0.369. The van der Waals surface area contributed by atoms with Gasteiger partial charge in [0.1, 0.15) is 6.04 Å². The highest BCUT2D eigenvalue weighted by Crippen LogP contribution is 2.23. The summed E-state index contributed by atoms with van der Waals surface area (Å²) in [6, 6.07) is -0.247. The van der Waals surface area contributed by atoms with Gasteiger partial charge in [-0.3, -0.25) is 4.79 Å². The lowest BCUT2D eigenvalue weighted by atomic mass is 9.96. The Morgan fingerprint density at radius 2 is 2.00 bits per heavy atom. The first kappa shape index (κ1) is 15.0. The van der Waals surface area contributed by atoms with Crippen LogP contribution in [0.15, 0.2) is 9.98 Å². The van der Waals surface area contributed by atoms with E-state index in [0.29, 0.717) is 25.0 Å². The highest BCUT2D eigenvalue weighted by atomic mass is 35.5. The zero-order valence-electron chi connectivity index (χ0n) is 11.2. The number of ether oxygens (including phenoxy) is 2. The predicted molar refractivity (Wildman–Crippen MR) is 71.7 cm³/mol. The zero-order valence-corrected chi connectivity index (χ0v) is 12.0. The summed E-state index contributed by atoms with van der Waals surface area (Å²) < 4.78 is 10.8. The Morgan fingerprint density at radius 1 is 1.39 bits per heavy atom. The average Bonchev–Trinajstić information content (AvgIpc) is 2.35. The van der Waals surface area contributed by atoms with E-state index in [0.717, 1.165) is 0 Å². The molecule has 0 spiro atoms. The van der Waals surface area contributed by atoms with Gasteiger partial charge >= 0.3 is 0 Å². The number of aliphatic imine (C=N–C) groups is 2. The van der Waals surface area contributed by atoms with Crippen LogP contribution in [0.5, 0.6) is 0 Å². The van der Waals surface area contributed by atoms with Crippen LogP contribution in [0.1, 0.15) is 27.7 Å². The highest BCUT2D eigenvalue weighted by molar-refractivity contribution is 6.32. The topological polar surface area (TPSA) is 60.2 Å². The molecule has 1 aliphatic heterocycles. The number of ketones is 1. The highest BCUT2D eigenvalue weighted by Gasteiger charge is 2.43. The molecule has 0 radical (unpaired) electrons. The van der Waals surface area contributed by atoms with Crippen molar-refractivity contribution < 1.29 is 14.3 Å². The van der Waals surface area contributed by atoms with Crippen LogP contribution < -0.4 is 0 Å². The maximum Gasteiger partial charge on any atom is 0.220 e. The van der Waals surface area contributed by atoms with Crippen LogP contribution in [0.3, 0.4) is 0 Å². The van der Waals surface area contributed by atoms with E-state index >= 15 is 0 Å². The Kier molecular flexibility index (Phi) is 5.14. The standard InChI is InChI=1S/C12H19ClN2O3/c1-5-17-10-8(3)14-11(18-6-2)12(4,15-10)9(16)7-13/h8H,5-7H2,1-4H3/t8-,12+/m0/s1. The van der Waals surface area contributed by atoms with Crippen LogP contribution in [0, 0.1) is 0 Å². The molecule has 1 heterocycles. The van der Waals surface area contributed by atoms with Gasteiger partial charge in [0, 0.05) is 0 Å². The van der Waals surface area contributed by atoms with Gasteiger partial charge in [-0.2, -0.15) is 0 Å². The molecule has 5 nitrogen and oxygen atoms in total. The predicted octanol–water partition coefficient (Wildman–Crippen LogP) is 1.83. The van der Waals surface area contributed by atoms with Gasteiger partial charge in [-0.05, 0) is 27.7 Å². The van der Waals surface area contributed by atoms with Crippen LogP contribution in [0.2, 0.25) is 0 Å². The van der Waals surface area contributed by atoms with Gasteiger partial charge in [-0.1, -0.05) is 0 Å². The van der Waals surface area contributed by atoms with Gasteiger partial charge in [0.2, 0.25) is 11.8 Å². The molecule has 0 aromatic rings. The molecule has 0 amide bonds. The van der Waals surface area contributed by atoms with Crippen molar-refractivity contribution in [2.75, 3.05) is 19.1 Å². The monoisotopic (exact) mass is 274 g/mol. The molecular weight excluding hydrogens is 256 g/mol. The number of carbonyl (C=O) groups excluding carboxylic acids is 1. The number of halogens is 1. The molecule has 6 heteroatoms. The summed E-state index contributed by atoms with van der Waals surface area (Å²) in [5.41, 5.74) is -1.17. The minimum atomic E-state index is -1.17. The van der Waals surface area contributed by atoms with Crippen molar-refractivity contribution in [3.63, 3.8) is 0 Å². The maximum atomic E-state index is 12.0. The van der Waals surface area contributed by atoms with Crippen molar-refractivity contribution in [2.45, 2.75) is 39.3 Å². The van der Waals surface area contributed by atoms with Crippen LogP contribution in [0.25, 0.3) is 0 Å². The molecule has 2 atom stereocenters. The molecule has 0 aromatic carbocycles. The van der Waals surface area contributed by atoms with E-state index in [1.54, 1.807) is 6.92 Å². The summed E-state index contributed by atoms with van der Waals surface area (Å²) in [4.78, 5) is 20.7. The normalized spacial score (nSPS) is 27.3. The fraction of sp³-hybridized carbons (Fsp3) is 0.750. The van der Waals surface area contributed by atoms with E-state index < -0.39 is 5.54 Å². The Bertz CT molecular complexity index is 382. The summed E-state index contributed by atoms with van der Waals surface area (Å²) in [6.45, 7) is 8.09. The van der Waals surface area contributed by atoms with Crippen LogP contribution >= 0.6 is 11.6 Å². The minimum absolute atomic E-state index is 0.139. The average molecular weight is 275 g/mol. The third-order valence-corrected chi connectivity index (χ3v) is 2.90. The SMILES string of the molecule is CCOC1=N[C@](C)(C(=O)CCl)C(OCC)=N[C@H]1C. The number of nitrogens with zero attached hydrogens (tertiary/aromatic N) is 2. The summed E-state index contributed by atoms with van der Waals surface area (Å²) >= 11 is 5.63. The van der Waals surface area contributed by atoms with Gasteiger partial charge < -0.3 is 9.47 Å². The Balaban J connectivity index is 3.13. The van der Waals surface area contributed by atoms with E-state index in [1.807, 2.05) is 20.8 Å². The molecule has 0 N–H and O–H groups in total. The molecule has 0 fully saturated rings. The van der Waals surface area contributed by atoms with Gasteiger partial charge in [0.05, 0.1) is 19.1 Å². The Labute approximate surface area is 112 Å². The fourth-order valence-corrected chi connectivity index (χ4v) is 1.91. The second kappa shape index (κ2) is 6.18.